The summed E-state index contributed by atoms with van der Waals surface area (Å²) in [6.45, 7) is 7.57. The molecule has 0 aromatic carbocycles. The van der Waals surface area contributed by atoms with Crippen LogP contribution in [0.5, 0.6) is 0 Å². The standard InChI is InChI=1S/C22H38O8S/c1-5-9-15-17(29-15)11-13-27-21(23)19(7-3)31(25,26)20(8-4)22(24)28-14-12-18-16(30-18)10-6-2/h15-20H,5-14H2,1-4H3. The fraction of sp³-hybridized carbons (Fsp3) is 0.909. The van der Waals surface area contributed by atoms with Crippen molar-refractivity contribution in [3.63, 3.8) is 0 Å². The molecule has 0 spiro atoms. The first kappa shape index (κ1) is 26.1. The number of carbonyl (C=O) groups is 2. The maximum Gasteiger partial charge on any atom is 0.324 e. The van der Waals surface area contributed by atoms with Gasteiger partial charge in [0.05, 0.1) is 37.6 Å². The van der Waals surface area contributed by atoms with Crippen LogP contribution < -0.4 is 0 Å². The number of esters is 2. The first-order valence-electron chi connectivity index (χ1n) is 11.7. The SMILES string of the molecule is CCCC1OC1CCOC(=O)C(CC)S(=O)(=O)C(CC)C(=O)OCCC1OC1CCC. The Balaban J connectivity index is 1.81. The van der Waals surface area contributed by atoms with Gasteiger partial charge in [0, 0.05) is 12.8 Å². The highest BCUT2D eigenvalue weighted by atomic mass is 32.2. The van der Waals surface area contributed by atoms with Crippen LogP contribution in [0.2, 0.25) is 0 Å². The number of sulfone groups is 1. The molecule has 31 heavy (non-hydrogen) atoms. The van der Waals surface area contributed by atoms with Crippen LogP contribution in [0.15, 0.2) is 0 Å². The molecule has 0 bridgehead atoms. The lowest BCUT2D eigenvalue weighted by Gasteiger charge is -2.20. The molecule has 2 heterocycles. The summed E-state index contributed by atoms with van der Waals surface area (Å²) in [5.74, 6) is -1.62. The molecule has 0 radical (unpaired) electrons. The fourth-order valence-corrected chi connectivity index (χ4v) is 5.94. The Labute approximate surface area is 186 Å². The predicted octanol–water partition coefficient (Wildman–Crippen LogP) is 2.96. The Morgan fingerprint density at radius 3 is 1.39 bits per heavy atom. The molecule has 0 amide bonds. The van der Waals surface area contributed by atoms with E-state index in [-0.39, 0.29) is 50.5 Å². The van der Waals surface area contributed by atoms with Gasteiger partial charge in [0.1, 0.15) is 0 Å². The van der Waals surface area contributed by atoms with Gasteiger partial charge in [-0.2, -0.15) is 0 Å². The first-order chi connectivity index (χ1) is 14.8. The molecule has 9 heteroatoms. The lowest BCUT2D eigenvalue weighted by Crippen LogP contribution is -2.42. The minimum absolute atomic E-state index is 0.0396. The van der Waals surface area contributed by atoms with Crippen LogP contribution in [0.4, 0.5) is 0 Å². The Bertz CT molecular complexity index is 640. The highest BCUT2D eigenvalue weighted by Gasteiger charge is 2.44. The van der Waals surface area contributed by atoms with Crippen molar-refractivity contribution in [3.8, 4) is 0 Å². The first-order valence-corrected chi connectivity index (χ1v) is 13.3. The van der Waals surface area contributed by atoms with Gasteiger partial charge >= 0.3 is 11.9 Å². The average molecular weight is 463 g/mol. The maximum atomic E-state index is 13.0. The second-order valence-corrected chi connectivity index (χ2v) is 10.6. The number of ether oxygens (including phenoxy) is 4. The van der Waals surface area contributed by atoms with Crippen molar-refractivity contribution in [2.75, 3.05) is 13.2 Å². The summed E-state index contributed by atoms with van der Waals surface area (Å²) in [4.78, 5) is 24.9. The van der Waals surface area contributed by atoms with Crippen molar-refractivity contribution in [1.29, 1.82) is 0 Å². The van der Waals surface area contributed by atoms with E-state index in [4.69, 9.17) is 18.9 Å². The van der Waals surface area contributed by atoms with E-state index in [0.717, 1.165) is 25.7 Å². The number of epoxide rings is 2. The molecule has 2 saturated heterocycles. The lowest BCUT2D eigenvalue weighted by molar-refractivity contribution is -0.143. The van der Waals surface area contributed by atoms with Gasteiger partial charge in [0.2, 0.25) is 0 Å². The van der Waals surface area contributed by atoms with Crippen molar-refractivity contribution in [3.05, 3.63) is 0 Å². The van der Waals surface area contributed by atoms with E-state index in [0.29, 0.717) is 12.8 Å². The Morgan fingerprint density at radius 1 is 0.710 bits per heavy atom. The van der Waals surface area contributed by atoms with Gasteiger partial charge in [-0.25, -0.2) is 8.42 Å². The quantitative estimate of drug-likeness (QED) is 0.254. The second kappa shape index (κ2) is 12.2. The molecule has 2 aliphatic rings. The summed E-state index contributed by atoms with van der Waals surface area (Å²) in [6.07, 6.45) is 5.76. The number of hydrogen-bond acceptors (Lipinski definition) is 8. The second-order valence-electron chi connectivity index (χ2n) is 8.30. The molecule has 0 N–H and O–H groups in total. The van der Waals surface area contributed by atoms with Gasteiger partial charge in [0.15, 0.2) is 20.3 Å². The van der Waals surface area contributed by atoms with Crippen LogP contribution in [-0.4, -0.2) is 68.5 Å². The third-order valence-electron chi connectivity index (χ3n) is 5.88. The van der Waals surface area contributed by atoms with Crippen LogP contribution in [0, 0.1) is 0 Å². The van der Waals surface area contributed by atoms with Gasteiger partial charge < -0.3 is 18.9 Å². The van der Waals surface area contributed by atoms with Crippen LogP contribution in [-0.2, 0) is 38.4 Å². The van der Waals surface area contributed by atoms with Gasteiger partial charge in [-0.1, -0.05) is 40.5 Å². The fourth-order valence-electron chi connectivity index (χ4n) is 3.94. The molecule has 2 rings (SSSR count). The van der Waals surface area contributed by atoms with Crippen molar-refractivity contribution < 1.29 is 37.0 Å². The average Bonchev–Trinajstić information content (AvgIpc) is 3.62. The molecule has 180 valence electrons. The zero-order valence-corrected chi connectivity index (χ0v) is 20.0. The summed E-state index contributed by atoms with van der Waals surface area (Å²) in [7, 11) is -4.08. The summed E-state index contributed by atoms with van der Waals surface area (Å²) >= 11 is 0. The van der Waals surface area contributed by atoms with E-state index < -0.39 is 32.3 Å². The number of rotatable bonds is 16. The summed E-state index contributed by atoms with van der Waals surface area (Å²) in [6, 6.07) is 0. The van der Waals surface area contributed by atoms with Gasteiger partial charge in [0.25, 0.3) is 0 Å². The largest absolute Gasteiger partial charge is 0.465 e. The third kappa shape index (κ3) is 7.43. The Hall–Kier alpha value is -1.19. The molecule has 6 unspecified atom stereocenters. The van der Waals surface area contributed by atoms with Gasteiger partial charge in [-0.15, -0.1) is 0 Å². The number of carbonyl (C=O) groups excluding carboxylic acids is 2. The Kier molecular flexibility index (Phi) is 10.2. The van der Waals surface area contributed by atoms with E-state index in [9.17, 15) is 18.0 Å². The summed E-state index contributed by atoms with van der Waals surface area (Å²) in [5, 5.41) is -2.76. The van der Waals surface area contributed by atoms with Crippen molar-refractivity contribution in [1.82, 2.24) is 0 Å². The highest BCUT2D eigenvalue weighted by Crippen LogP contribution is 2.30. The molecular formula is C22H38O8S. The van der Waals surface area contributed by atoms with Crippen LogP contribution >= 0.6 is 0 Å². The van der Waals surface area contributed by atoms with E-state index in [1.165, 1.54) is 0 Å². The molecule has 0 aromatic heterocycles. The molecule has 0 saturated carbocycles. The van der Waals surface area contributed by atoms with Crippen LogP contribution in [0.25, 0.3) is 0 Å². The van der Waals surface area contributed by atoms with Crippen LogP contribution in [0.3, 0.4) is 0 Å². The van der Waals surface area contributed by atoms with E-state index in [1.807, 2.05) is 0 Å². The van der Waals surface area contributed by atoms with Crippen molar-refractivity contribution in [2.45, 2.75) is 114 Å². The minimum Gasteiger partial charge on any atom is -0.465 e. The van der Waals surface area contributed by atoms with E-state index in [1.54, 1.807) is 13.8 Å². The monoisotopic (exact) mass is 462 g/mol. The molecule has 2 aliphatic heterocycles. The van der Waals surface area contributed by atoms with Crippen LogP contribution in [0.1, 0.15) is 79.1 Å². The topological polar surface area (TPSA) is 112 Å². The zero-order valence-electron chi connectivity index (χ0n) is 19.2. The minimum atomic E-state index is -4.08. The molecule has 8 nitrogen and oxygen atoms in total. The highest BCUT2D eigenvalue weighted by molar-refractivity contribution is 7.94. The Morgan fingerprint density at radius 2 is 1.06 bits per heavy atom. The summed E-state index contributed by atoms with van der Waals surface area (Å²) in [5.41, 5.74) is 0. The van der Waals surface area contributed by atoms with E-state index in [2.05, 4.69) is 13.8 Å². The molecule has 2 fully saturated rings. The molecule has 6 atom stereocenters. The zero-order chi connectivity index (χ0) is 23.0. The third-order valence-corrected chi connectivity index (χ3v) is 8.51. The summed E-state index contributed by atoms with van der Waals surface area (Å²) < 4.78 is 47.4. The normalized spacial score (nSPS) is 26.7. The van der Waals surface area contributed by atoms with Crippen molar-refractivity contribution in [2.24, 2.45) is 0 Å². The molecule has 0 aliphatic carbocycles. The van der Waals surface area contributed by atoms with Gasteiger partial charge in [-0.05, 0) is 25.7 Å². The predicted molar refractivity (Wildman–Crippen MR) is 115 cm³/mol. The molecule has 0 aromatic rings. The number of hydrogen-bond donors (Lipinski definition) is 0. The lowest BCUT2D eigenvalue weighted by atomic mass is 10.2. The maximum absolute atomic E-state index is 13.0. The van der Waals surface area contributed by atoms with Crippen molar-refractivity contribution >= 4 is 21.8 Å². The molecular weight excluding hydrogens is 424 g/mol. The van der Waals surface area contributed by atoms with E-state index >= 15 is 0 Å². The van der Waals surface area contributed by atoms with Gasteiger partial charge in [-0.3, -0.25) is 9.59 Å². The smallest absolute Gasteiger partial charge is 0.324 e.